The van der Waals surface area contributed by atoms with Gasteiger partial charge in [0.15, 0.2) is 18.1 Å². The van der Waals surface area contributed by atoms with Crippen LogP contribution in [0.25, 0.3) is 11.1 Å². The maximum Gasteiger partial charge on any atom is 0.277 e. The van der Waals surface area contributed by atoms with Crippen molar-refractivity contribution in [2.24, 2.45) is 5.10 Å². The average Bonchev–Trinajstić information content (AvgIpc) is 2.78. The molecule has 3 aromatic carbocycles. The molecule has 0 aliphatic heterocycles. The summed E-state index contributed by atoms with van der Waals surface area (Å²) in [4.78, 5) is 12.0. The molecule has 0 saturated carbocycles. The van der Waals surface area contributed by atoms with Crippen LogP contribution in [0.2, 0.25) is 0 Å². The van der Waals surface area contributed by atoms with Crippen LogP contribution in [0.5, 0.6) is 17.2 Å². The number of hydrazone groups is 1. The van der Waals surface area contributed by atoms with Crippen LogP contribution in [-0.4, -0.2) is 32.9 Å². The Hall–Kier alpha value is -3.07. The smallest absolute Gasteiger partial charge is 0.277 e. The van der Waals surface area contributed by atoms with Gasteiger partial charge < -0.3 is 14.2 Å². The number of benzene rings is 3. The van der Waals surface area contributed by atoms with Crippen molar-refractivity contribution in [2.75, 3.05) is 20.8 Å². The zero-order valence-corrected chi connectivity index (χ0v) is 18.8. The zero-order chi connectivity index (χ0) is 21.3. The summed E-state index contributed by atoms with van der Waals surface area (Å²) in [7, 11) is 3.16. The minimum Gasteiger partial charge on any atom is -0.493 e. The van der Waals surface area contributed by atoms with E-state index in [1.807, 2.05) is 60.7 Å². The summed E-state index contributed by atoms with van der Waals surface area (Å²) in [6, 6.07) is 21.3. The lowest BCUT2D eigenvalue weighted by molar-refractivity contribution is -0.123. The lowest BCUT2D eigenvalue weighted by Gasteiger charge is -2.10. The SMILES string of the molecule is COc1cc(C=NNC(=O)COc2ccc(-c3ccccc3)cc2)cc(I)c1OC. The van der Waals surface area contributed by atoms with Crippen molar-refractivity contribution in [3.05, 3.63) is 75.9 Å². The van der Waals surface area contributed by atoms with Crippen LogP contribution in [-0.2, 0) is 4.79 Å². The summed E-state index contributed by atoms with van der Waals surface area (Å²) in [6.07, 6.45) is 1.54. The first-order valence-electron chi connectivity index (χ1n) is 9.12. The van der Waals surface area contributed by atoms with Gasteiger partial charge in [0.25, 0.3) is 5.91 Å². The molecule has 0 fully saturated rings. The van der Waals surface area contributed by atoms with Gasteiger partial charge in [-0.3, -0.25) is 4.79 Å². The fourth-order valence-corrected chi connectivity index (χ4v) is 3.59. The van der Waals surface area contributed by atoms with E-state index < -0.39 is 0 Å². The summed E-state index contributed by atoms with van der Waals surface area (Å²) in [6.45, 7) is -0.133. The molecule has 0 aliphatic carbocycles. The van der Waals surface area contributed by atoms with Gasteiger partial charge in [-0.15, -0.1) is 0 Å². The summed E-state index contributed by atoms with van der Waals surface area (Å²) in [5, 5.41) is 3.98. The fraction of sp³-hybridized carbons (Fsp3) is 0.130. The predicted molar refractivity (Wildman–Crippen MR) is 125 cm³/mol. The molecule has 154 valence electrons. The van der Waals surface area contributed by atoms with Crippen molar-refractivity contribution in [1.29, 1.82) is 0 Å². The molecule has 0 atom stereocenters. The molecule has 0 aromatic heterocycles. The van der Waals surface area contributed by atoms with Gasteiger partial charge in [0.05, 0.1) is 24.0 Å². The topological polar surface area (TPSA) is 69.2 Å². The maximum absolute atomic E-state index is 12.0. The number of halogens is 1. The van der Waals surface area contributed by atoms with E-state index in [-0.39, 0.29) is 12.5 Å². The van der Waals surface area contributed by atoms with Gasteiger partial charge in [-0.05, 0) is 63.5 Å². The Kier molecular flexibility index (Phi) is 7.67. The average molecular weight is 516 g/mol. The number of rotatable bonds is 8. The Morgan fingerprint density at radius 1 is 1.00 bits per heavy atom. The highest BCUT2D eigenvalue weighted by molar-refractivity contribution is 14.1. The number of methoxy groups -OCH3 is 2. The molecule has 3 rings (SSSR count). The first-order valence-corrected chi connectivity index (χ1v) is 10.2. The summed E-state index contributed by atoms with van der Waals surface area (Å²) >= 11 is 2.15. The van der Waals surface area contributed by atoms with E-state index >= 15 is 0 Å². The van der Waals surface area contributed by atoms with E-state index in [2.05, 4.69) is 33.1 Å². The van der Waals surface area contributed by atoms with E-state index in [0.717, 1.165) is 20.3 Å². The molecule has 0 heterocycles. The molecule has 30 heavy (non-hydrogen) atoms. The lowest BCUT2D eigenvalue weighted by Crippen LogP contribution is -2.24. The predicted octanol–water partition coefficient (Wildman–Crippen LogP) is 4.50. The Morgan fingerprint density at radius 2 is 1.70 bits per heavy atom. The number of carbonyl (C=O) groups is 1. The molecule has 1 N–H and O–H groups in total. The zero-order valence-electron chi connectivity index (χ0n) is 16.6. The highest BCUT2D eigenvalue weighted by atomic mass is 127. The standard InChI is InChI=1S/C23H21IN2O4/c1-28-21-13-16(12-20(24)23(21)29-2)14-25-26-22(27)15-30-19-10-8-18(9-11-19)17-6-4-3-5-7-17/h3-14H,15H2,1-2H3,(H,26,27). The van der Waals surface area contributed by atoms with Crippen LogP contribution >= 0.6 is 22.6 Å². The molecule has 0 unspecified atom stereocenters. The van der Waals surface area contributed by atoms with E-state index in [1.54, 1.807) is 20.3 Å². The van der Waals surface area contributed by atoms with Gasteiger partial charge >= 0.3 is 0 Å². The van der Waals surface area contributed by atoms with Crippen LogP contribution in [0, 0.1) is 3.57 Å². The molecule has 0 aliphatic rings. The second-order valence-electron chi connectivity index (χ2n) is 6.21. The minimum atomic E-state index is -0.353. The third-order valence-corrected chi connectivity index (χ3v) is 4.99. The molecule has 0 radical (unpaired) electrons. The van der Waals surface area contributed by atoms with Crippen molar-refractivity contribution in [1.82, 2.24) is 5.43 Å². The Bertz CT molecular complexity index is 1020. The van der Waals surface area contributed by atoms with Crippen molar-refractivity contribution in [3.63, 3.8) is 0 Å². The van der Waals surface area contributed by atoms with E-state index in [0.29, 0.717) is 17.2 Å². The second-order valence-corrected chi connectivity index (χ2v) is 7.37. The number of nitrogens with zero attached hydrogens (tertiary/aromatic N) is 1. The fourth-order valence-electron chi connectivity index (χ4n) is 2.75. The van der Waals surface area contributed by atoms with Gasteiger partial charge in [-0.2, -0.15) is 5.10 Å². The number of ether oxygens (including phenoxy) is 3. The first-order chi connectivity index (χ1) is 14.6. The van der Waals surface area contributed by atoms with Crippen molar-refractivity contribution in [2.45, 2.75) is 0 Å². The number of hydrogen-bond donors (Lipinski definition) is 1. The quantitative estimate of drug-likeness (QED) is 0.272. The lowest BCUT2D eigenvalue weighted by atomic mass is 10.1. The van der Waals surface area contributed by atoms with Gasteiger partial charge in [-0.1, -0.05) is 42.5 Å². The Balaban J connectivity index is 1.52. The third kappa shape index (κ3) is 5.73. The first kappa shape index (κ1) is 21.6. The van der Waals surface area contributed by atoms with Crippen molar-refractivity contribution in [3.8, 4) is 28.4 Å². The minimum absolute atomic E-state index is 0.133. The monoisotopic (exact) mass is 516 g/mol. The van der Waals surface area contributed by atoms with Gasteiger partial charge in [-0.25, -0.2) is 5.43 Å². The van der Waals surface area contributed by atoms with Crippen molar-refractivity contribution >= 4 is 34.7 Å². The normalized spacial score (nSPS) is 10.6. The van der Waals surface area contributed by atoms with Crippen LogP contribution in [0.1, 0.15) is 5.56 Å². The molecular weight excluding hydrogens is 495 g/mol. The Labute approximate surface area is 189 Å². The van der Waals surface area contributed by atoms with Gasteiger partial charge in [0.2, 0.25) is 0 Å². The largest absolute Gasteiger partial charge is 0.493 e. The summed E-state index contributed by atoms with van der Waals surface area (Å²) < 4.78 is 17.0. The van der Waals surface area contributed by atoms with Crippen molar-refractivity contribution < 1.29 is 19.0 Å². The molecular formula is C23H21IN2O4. The van der Waals surface area contributed by atoms with Gasteiger partial charge in [0.1, 0.15) is 5.75 Å². The third-order valence-electron chi connectivity index (χ3n) is 4.19. The highest BCUT2D eigenvalue weighted by Crippen LogP contribution is 2.33. The van der Waals surface area contributed by atoms with Crippen LogP contribution in [0.3, 0.4) is 0 Å². The van der Waals surface area contributed by atoms with E-state index in [1.165, 1.54) is 6.21 Å². The van der Waals surface area contributed by atoms with Crippen LogP contribution < -0.4 is 19.6 Å². The molecule has 0 spiro atoms. The van der Waals surface area contributed by atoms with Gasteiger partial charge in [0, 0.05) is 0 Å². The summed E-state index contributed by atoms with van der Waals surface area (Å²) in [5.41, 5.74) is 5.44. The summed E-state index contributed by atoms with van der Waals surface area (Å²) in [5.74, 6) is 1.52. The molecule has 6 nitrogen and oxygen atoms in total. The number of carbonyl (C=O) groups excluding carboxylic acids is 1. The number of nitrogens with one attached hydrogen (secondary N) is 1. The van der Waals surface area contributed by atoms with Crippen LogP contribution in [0.4, 0.5) is 0 Å². The molecule has 0 bridgehead atoms. The van der Waals surface area contributed by atoms with E-state index in [9.17, 15) is 4.79 Å². The number of hydrogen-bond acceptors (Lipinski definition) is 5. The highest BCUT2D eigenvalue weighted by Gasteiger charge is 2.09. The number of amides is 1. The van der Waals surface area contributed by atoms with E-state index in [4.69, 9.17) is 14.2 Å². The maximum atomic E-state index is 12.0. The molecule has 7 heteroatoms. The molecule has 3 aromatic rings. The Morgan fingerprint density at radius 3 is 2.37 bits per heavy atom. The van der Waals surface area contributed by atoms with Crippen LogP contribution in [0.15, 0.2) is 71.8 Å². The molecule has 1 amide bonds. The second kappa shape index (κ2) is 10.6. The molecule has 0 saturated heterocycles.